The van der Waals surface area contributed by atoms with Gasteiger partial charge in [-0.1, -0.05) is 24.3 Å². The van der Waals surface area contributed by atoms with Gasteiger partial charge in [0.15, 0.2) is 0 Å². The number of likely N-dealkylation sites (tertiary alicyclic amines) is 1. The lowest BCUT2D eigenvalue weighted by Gasteiger charge is -2.26. The molecular weight excluding hydrogens is 356 g/mol. The van der Waals surface area contributed by atoms with Gasteiger partial charge in [-0.05, 0) is 53.1 Å². The molecule has 0 aliphatic carbocycles. The van der Waals surface area contributed by atoms with Gasteiger partial charge in [-0.2, -0.15) is 4.68 Å². The standard InChI is InChI=1S/C20H20N6O2/c27-19-10-3-4-11-25(19)13-15-6-5-7-16(12-15)22-20(28)17-8-1-2-9-18(17)26-14-21-23-24-26/h1-2,5-9,12,14H,3-4,10-11,13H2,(H,22,28). The number of nitrogens with one attached hydrogen (secondary N) is 1. The first-order chi connectivity index (χ1) is 13.7. The van der Waals surface area contributed by atoms with Gasteiger partial charge in [0.2, 0.25) is 5.91 Å². The van der Waals surface area contributed by atoms with Crippen LogP contribution in [0, 0.1) is 0 Å². The molecule has 2 amide bonds. The molecule has 0 saturated carbocycles. The largest absolute Gasteiger partial charge is 0.338 e. The van der Waals surface area contributed by atoms with Crippen LogP contribution in [0.5, 0.6) is 0 Å². The summed E-state index contributed by atoms with van der Waals surface area (Å²) in [5, 5.41) is 14.0. The number of para-hydroxylation sites is 1. The molecule has 1 aliphatic rings. The van der Waals surface area contributed by atoms with Crippen molar-refractivity contribution in [2.75, 3.05) is 11.9 Å². The van der Waals surface area contributed by atoms with Crippen molar-refractivity contribution in [1.82, 2.24) is 25.1 Å². The van der Waals surface area contributed by atoms with E-state index in [0.29, 0.717) is 29.9 Å². The van der Waals surface area contributed by atoms with Gasteiger partial charge in [-0.3, -0.25) is 9.59 Å². The van der Waals surface area contributed by atoms with Crippen molar-refractivity contribution in [2.45, 2.75) is 25.8 Å². The molecule has 1 aliphatic heterocycles. The fraction of sp³-hybridized carbons (Fsp3) is 0.250. The number of hydrogen-bond donors (Lipinski definition) is 1. The summed E-state index contributed by atoms with van der Waals surface area (Å²) in [5.41, 5.74) is 2.73. The first kappa shape index (κ1) is 17.8. The first-order valence-corrected chi connectivity index (χ1v) is 9.21. The zero-order valence-corrected chi connectivity index (χ0v) is 15.3. The molecule has 1 aromatic heterocycles. The highest BCUT2D eigenvalue weighted by molar-refractivity contribution is 6.06. The fourth-order valence-electron chi connectivity index (χ4n) is 3.33. The number of hydrogen-bond acceptors (Lipinski definition) is 5. The highest BCUT2D eigenvalue weighted by atomic mass is 16.2. The van der Waals surface area contributed by atoms with Crippen LogP contribution in [0.1, 0.15) is 35.2 Å². The topological polar surface area (TPSA) is 93.0 Å². The predicted molar refractivity (Wildman–Crippen MR) is 103 cm³/mol. The van der Waals surface area contributed by atoms with Crippen molar-refractivity contribution < 1.29 is 9.59 Å². The molecule has 1 fully saturated rings. The van der Waals surface area contributed by atoms with Crippen LogP contribution >= 0.6 is 0 Å². The molecule has 28 heavy (non-hydrogen) atoms. The normalized spacial score (nSPS) is 14.1. The second-order valence-electron chi connectivity index (χ2n) is 6.70. The van der Waals surface area contributed by atoms with Gasteiger partial charge in [-0.25, -0.2) is 0 Å². The summed E-state index contributed by atoms with van der Waals surface area (Å²) in [5.74, 6) is -0.0617. The Morgan fingerprint density at radius 2 is 2.00 bits per heavy atom. The minimum Gasteiger partial charge on any atom is -0.338 e. The quantitative estimate of drug-likeness (QED) is 0.738. The van der Waals surface area contributed by atoms with Crippen LogP contribution < -0.4 is 5.32 Å². The lowest BCUT2D eigenvalue weighted by atomic mass is 10.1. The van der Waals surface area contributed by atoms with E-state index in [1.807, 2.05) is 35.2 Å². The molecule has 2 heterocycles. The number of amides is 2. The highest BCUT2D eigenvalue weighted by Crippen LogP contribution is 2.19. The lowest BCUT2D eigenvalue weighted by Crippen LogP contribution is -2.34. The van der Waals surface area contributed by atoms with Crippen molar-refractivity contribution in [3.05, 3.63) is 66.0 Å². The summed E-state index contributed by atoms with van der Waals surface area (Å²) >= 11 is 0. The number of rotatable bonds is 5. The maximum atomic E-state index is 12.8. The smallest absolute Gasteiger partial charge is 0.257 e. The highest BCUT2D eigenvalue weighted by Gasteiger charge is 2.18. The van der Waals surface area contributed by atoms with Gasteiger partial charge in [0, 0.05) is 25.2 Å². The van der Waals surface area contributed by atoms with Crippen LogP contribution in [-0.4, -0.2) is 43.5 Å². The van der Waals surface area contributed by atoms with E-state index in [4.69, 9.17) is 0 Å². The maximum absolute atomic E-state index is 12.8. The Labute approximate surface area is 162 Å². The second kappa shape index (κ2) is 7.99. The maximum Gasteiger partial charge on any atom is 0.257 e. The number of carbonyl (C=O) groups excluding carboxylic acids is 2. The van der Waals surface area contributed by atoms with E-state index in [1.165, 1.54) is 11.0 Å². The second-order valence-corrected chi connectivity index (χ2v) is 6.70. The Bertz CT molecular complexity index is 986. The molecule has 1 saturated heterocycles. The minimum absolute atomic E-state index is 0.191. The molecule has 0 bridgehead atoms. The third kappa shape index (κ3) is 3.90. The van der Waals surface area contributed by atoms with E-state index in [-0.39, 0.29) is 11.8 Å². The Kier molecular flexibility index (Phi) is 5.09. The molecule has 1 N–H and O–H groups in total. The number of anilines is 1. The van der Waals surface area contributed by atoms with Crippen molar-refractivity contribution in [3.63, 3.8) is 0 Å². The van der Waals surface area contributed by atoms with Crippen LogP contribution in [0.25, 0.3) is 5.69 Å². The van der Waals surface area contributed by atoms with Crippen LogP contribution in [0.15, 0.2) is 54.9 Å². The van der Waals surface area contributed by atoms with E-state index < -0.39 is 0 Å². The molecule has 3 aromatic rings. The van der Waals surface area contributed by atoms with Gasteiger partial charge in [-0.15, -0.1) is 5.10 Å². The molecule has 4 rings (SSSR count). The number of aromatic nitrogens is 4. The molecule has 8 nitrogen and oxygen atoms in total. The number of piperidine rings is 1. The molecule has 0 spiro atoms. The summed E-state index contributed by atoms with van der Waals surface area (Å²) in [6.07, 6.45) is 4.06. The molecule has 2 aromatic carbocycles. The average Bonchev–Trinajstić information content (AvgIpc) is 3.25. The van der Waals surface area contributed by atoms with Gasteiger partial charge in [0.1, 0.15) is 6.33 Å². The number of benzene rings is 2. The average molecular weight is 376 g/mol. The van der Waals surface area contributed by atoms with Gasteiger partial charge >= 0.3 is 0 Å². The van der Waals surface area contributed by atoms with Crippen molar-refractivity contribution in [2.24, 2.45) is 0 Å². The zero-order valence-electron chi connectivity index (χ0n) is 15.3. The Hall–Kier alpha value is -3.55. The summed E-state index contributed by atoms with van der Waals surface area (Å²) in [4.78, 5) is 26.7. The summed E-state index contributed by atoms with van der Waals surface area (Å²) < 4.78 is 1.45. The lowest BCUT2D eigenvalue weighted by molar-refractivity contribution is -0.133. The van der Waals surface area contributed by atoms with Crippen LogP contribution in [0.2, 0.25) is 0 Å². The molecular formula is C20H20N6O2. The Balaban J connectivity index is 1.51. The van der Waals surface area contributed by atoms with E-state index in [1.54, 1.807) is 18.2 Å². The molecule has 142 valence electrons. The molecule has 0 unspecified atom stereocenters. The zero-order chi connectivity index (χ0) is 19.3. The van der Waals surface area contributed by atoms with Crippen LogP contribution in [-0.2, 0) is 11.3 Å². The van der Waals surface area contributed by atoms with E-state index in [9.17, 15) is 9.59 Å². The van der Waals surface area contributed by atoms with E-state index in [0.717, 1.165) is 24.9 Å². The first-order valence-electron chi connectivity index (χ1n) is 9.21. The molecule has 0 radical (unpaired) electrons. The van der Waals surface area contributed by atoms with Crippen molar-refractivity contribution in [3.8, 4) is 5.69 Å². The summed E-state index contributed by atoms with van der Waals surface area (Å²) in [7, 11) is 0. The minimum atomic E-state index is -0.253. The van der Waals surface area contributed by atoms with Gasteiger partial charge < -0.3 is 10.2 Å². The van der Waals surface area contributed by atoms with Gasteiger partial charge in [0.25, 0.3) is 5.91 Å². The molecule has 8 heteroatoms. The molecule has 0 atom stereocenters. The van der Waals surface area contributed by atoms with Crippen molar-refractivity contribution in [1.29, 1.82) is 0 Å². The third-order valence-corrected chi connectivity index (χ3v) is 4.72. The van der Waals surface area contributed by atoms with E-state index in [2.05, 4.69) is 20.8 Å². The SMILES string of the molecule is O=C(Nc1cccc(CN2CCCCC2=O)c1)c1ccccc1-n1cnnn1. The fourth-order valence-corrected chi connectivity index (χ4v) is 3.33. The van der Waals surface area contributed by atoms with Gasteiger partial charge in [0.05, 0.1) is 11.3 Å². The predicted octanol–water partition coefficient (Wildman–Crippen LogP) is 2.43. The van der Waals surface area contributed by atoms with E-state index >= 15 is 0 Å². The monoisotopic (exact) mass is 376 g/mol. The number of tetrazole rings is 1. The van der Waals surface area contributed by atoms with Crippen molar-refractivity contribution >= 4 is 17.5 Å². The third-order valence-electron chi connectivity index (χ3n) is 4.72. The summed E-state index contributed by atoms with van der Waals surface area (Å²) in [6, 6.07) is 14.7. The Morgan fingerprint density at radius 3 is 2.82 bits per heavy atom. The number of nitrogens with zero attached hydrogens (tertiary/aromatic N) is 5. The summed E-state index contributed by atoms with van der Waals surface area (Å²) in [6.45, 7) is 1.35. The van der Waals surface area contributed by atoms with Crippen LogP contribution in [0.3, 0.4) is 0 Å². The number of carbonyl (C=O) groups is 2. The van der Waals surface area contributed by atoms with Crippen LogP contribution in [0.4, 0.5) is 5.69 Å². The Morgan fingerprint density at radius 1 is 1.11 bits per heavy atom.